The van der Waals surface area contributed by atoms with E-state index in [4.69, 9.17) is 0 Å². The Labute approximate surface area is 119 Å². The van der Waals surface area contributed by atoms with Gasteiger partial charge in [0.05, 0.1) is 0 Å². The van der Waals surface area contributed by atoms with Gasteiger partial charge in [-0.15, -0.1) is 0 Å². The van der Waals surface area contributed by atoms with Crippen LogP contribution in [0.15, 0.2) is 11.6 Å². The van der Waals surface area contributed by atoms with Crippen LogP contribution < -0.4 is 10.6 Å². The molecule has 0 saturated heterocycles. The molecule has 20 heavy (non-hydrogen) atoms. The average Bonchev–Trinajstić information content (AvgIpc) is 2.93. The van der Waals surface area contributed by atoms with E-state index in [1.165, 1.54) is 15.7 Å². The zero-order chi connectivity index (χ0) is 14.7. The number of nitro groups is 1. The number of fused-ring (bicyclic) bond motifs is 1. The maximum atomic E-state index is 11.4. The lowest BCUT2D eigenvalue weighted by molar-refractivity contribution is -0.389. The van der Waals surface area contributed by atoms with Crippen LogP contribution in [0.25, 0.3) is 4.96 Å². The quantitative estimate of drug-likeness (QED) is 0.478. The highest BCUT2D eigenvalue weighted by atomic mass is 32.1. The smallest absolute Gasteiger partial charge is 0.361 e. The Hall–Kier alpha value is -2.16. The summed E-state index contributed by atoms with van der Waals surface area (Å²) in [4.78, 5) is 26.7. The lowest BCUT2D eigenvalue weighted by Crippen LogP contribution is -2.32. The van der Waals surface area contributed by atoms with E-state index in [0.717, 1.165) is 0 Å². The molecule has 2 heterocycles. The van der Waals surface area contributed by atoms with E-state index in [1.54, 1.807) is 25.4 Å². The standard InChI is InChI=1S/C11H15N5O3S/c1-7(2)9(17)13-4-3-12-8-10(16(18)19)15-5-6-20-11(15)14-8/h5-7,12H,3-4H2,1-2H3,(H,13,17). The number of nitrogens with zero attached hydrogens (tertiary/aromatic N) is 3. The van der Waals surface area contributed by atoms with Gasteiger partial charge < -0.3 is 20.7 Å². The molecular weight excluding hydrogens is 282 g/mol. The van der Waals surface area contributed by atoms with Gasteiger partial charge in [-0.25, -0.2) is 0 Å². The molecule has 2 N–H and O–H groups in total. The topological polar surface area (TPSA) is 102 Å². The van der Waals surface area contributed by atoms with Gasteiger partial charge in [-0.1, -0.05) is 25.2 Å². The zero-order valence-corrected chi connectivity index (χ0v) is 11.9. The minimum Gasteiger partial charge on any atom is -0.361 e. The summed E-state index contributed by atoms with van der Waals surface area (Å²) in [5.74, 6) is 0.00601. The third kappa shape index (κ3) is 2.87. The summed E-state index contributed by atoms with van der Waals surface area (Å²) in [5, 5.41) is 18.4. The van der Waals surface area contributed by atoms with Crippen molar-refractivity contribution in [2.45, 2.75) is 13.8 Å². The second-order valence-corrected chi connectivity index (χ2v) is 5.34. The molecule has 108 valence electrons. The van der Waals surface area contributed by atoms with E-state index in [2.05, 4.69) is 15.6 Å². The molecule has 0 aliphatic rings. The monoisotopic (exact) mass is 297 g/mol. The number of nitrogens with one attached hydrogen (secondary N) is 2. The van der Waals surface area contributed by atoms with Crippen LogP contribution in [0.5, 0.6) is 0 Å². The SMILES string of the molecule is CC(C)C(=O)NCCNc1nc2sccn2c1[N+](=O)[O-]. The van der Waals surface area contributed by atoms with Gasteiger partial charge in [0.15, 0.2) is 0 Å². The largest absolute Gasteiger partial charge is 0.372 e. The van der Waals surface area contributed by atoms with Gasteiger partial charge in [0.1, 0.15) is 6.20 Å². The van der Waals surface area contributed by atoms with Crippen LogP contribution in [0.2, 0.25) is 0 Å². The van der Waals surface area contributed by atoms with Crippen LogP contribution in [-0.2, 0) is 4.79 Å². The summed E-state index contributed by atoms with van der Waals surface area (Å²) in [7, 11) is 0. The molecule has 0 bridgehead atoms. The lowest BCUT2D eigenvalue weighted by atomic mass is 10.2. The fourth-order valence-electron chi connectivity index (χ4n) is 1.64. The first-order valence-corrected chi connectivity index (χ1v) is 7.00. The number of imidazole rings is 1. The van der Waals surface area contributed by atoms with Gasteiger partial charge in [-0.05, 0) is 4.92 Å². The molecule has 0 fully saturated rings. The van der Waals surface area contributed by atoms with E-state index < -0.39 is 4.92 Å². The van der Waals surface area contributed by atoms with Crippen molar-refractivity contribution in [2.24, 2.45) is 5.92 Å². The highest BCUT2D eigenvalue weighted by molar-refractivity contribution is 7.15. The van der Waals surface area contributed by atoms with Crippen LogP contribution in [0.4, 0.5) is 11.6 Å². The molecule has 0 atom stereocenters. The number of rotatable bonds is 6. The molecule has 0 aliphatic carbocycles. The van der Waals surface area contributed by atoms with Crippen LogP contribution in [0, 0.1) is 16.0 Å². The van der Waals surface area contributed by atoms with E-state index >= 15 is 0 Å². The van der Waals surface area contributed by atoms with E-state index in [-0.39, 0.29) is 23.5 Å². The highest BCUT2D eigenvalue weighted by Gasteiger charge is 2.23. The van der Waals surface area contributed by atoms with Gasteiger partial charge in [0, 0.05) is 24.4 Å². The second-order valence-electron chi connectivity index (χ2n) is 4.47. The van der Waals surface area contributed by atoms with Crippen molar-refractivity contribution in [3.8, 4) is 0 Å². The minimum atomic E-state index is -0.470. The van der Waals surface area contributed by atoms with Crippen molar-refractivity contribution in [3.63, 3.8) is 0 Å². The summed E-state index contributed by atoms with van der Waals surface area (Å²) < 4.78 is 1.43. The van der Waals surface area contributed by atoms with Gasteiger partial charge in [-0.3, -0.25) is 4.79 Å². The Bertz CT molecular complexity index is 633. The van der Waals surface area contributed by atoms with Gasteiger partial charge >= 0.3 is 5.82 Å². The van der Waals surface area contributed by atoms with Crippen LogP contribution in [-0.4, -0.2) is 33.3 Å². The Morgan fingerprint density at radius 3 is 2.95 bits per heavy atom. The van der Waals surface area contributed by atoms with Crippen molar-refractivity contribution in [3.05, 3.63) is 21.7 Å². The maximum absolute atomic E-state index is 11.4. The first kappa shape index (κ1) is 14.3. The Morgan fingerprint density at radius 1 is 1.55 bits per heavy atom. The third-order valence-corrected chi connectivity index (χ3v) is 3.41. The highest BCUT2D eigenvalue weighted by Crippen LogP contribution is 2.27. The number of hydrogen-bond donors (Lipinski definition) is 2. The Morgan fingerprint density at radius 2 is 2.30 bits per heavy atom. The predicted molar refractivity (Wildman–Crippen MR) is 76.1 cm³/mol. The lowest BCUT2D eigenvalue weighted by Gasteiger charge is -2.07. The normalized spacial score (nSPS) is 10.9. The number of anilines is 1. The molecule has 1 amide bonds. The molecule has 0 saturated carbocycles. The summed E-state index contributed by atoms with van der Waals surface area (Å²) in [6.45, 7) is 4.37. The summed E-state index contributed by atoms with van der Waals surface area (Å²) >= 11 is 1.33. The Balaban J connectivity index is 1.99. The molecule has 0 unspecified atom stereocenters. The van der Waals surface area contributed by atoms with Crippen molar-refractivity contribution in [1.82, 2.24) is 14.7 Å². The first-order chi connectivity index (χ1) is 9.50. The minimum absolute atomic E-state index is 0.0490. The fraction of sp³-hybridized carbons (Fsp3) is 0.455. The van der Waals surface area contributed by atoms with E-state index in [0.29, 0.717) is 18.1 Å². The molecule has 8 nitrogen and oxygen atoms in total. The number of thiazole rings is 1. The number of carbonyl (C=O) groups is 1. The molecule has 0 aliphatic heterocycles. The van der Waals surface area contributed by atoms with E-state index in [1.807, 2.05) is 0 Å². The molecule has 2 aromatic heterocycles. The van der Waals surface area contributed by atoms with Gasteiger partial charge in [-0.2, -0.15) is 9.38 Å². The van der Waals surface area contributed by atoms with Crippen LogP contribution >= 0.6 is 11.3 Å². The average molecular weight is 297 g/mol. The van der Waals surface area contributed by atoms with Crippen molar-refractivity contribution in [1.29, 1.82) is 0 Å². The maximum Gasteiger partial charge on any atom is 0.372 e. The van der Waals surface area contributed by atoms with Gasteiger partial charge in [0.2, 0.25) is 11.7 Å². The first-order valence-electron chi connectivity index (χ1n) is 6.12. The molecule has 9 heteroatoms. The number of carbonyl (C=O) groups excluding carboxylic acids is 1. The van der Waals surface area contributed by atoms with E-state index in [9.17, 15) is 14.9 Å². The van der Waals surface area contributed by atoms with Crippen molar-refractivity contribution >= 4 is 33.8 Å². The second kappa shape index (κ2) is 5.87. The molecule has 2 aromatic rings. The predicted octanol–water partition coefficient (Wildman–Crippen LogP) is 1.49. The number of hydrogen-bond acceptors (Lipinski definition) is 6. The van der Waals surface area contributed by atoms with Gasteiger partial charge in [0.25, 0.3) is 4.96 Å². The number of amides is 1. The molecule has 0 spiro atoms. The summed E-state index contributed by atoms with van der Waals surface area (Å²) in [6, 6.07) is 0. The summed E-state index contributed by atoms with van der Waals surface area (Å²) in [6.07, 6.45) is 1.61. The third-order valence-electron chi connectivity index (χ3n) is 2.65. The van der Waals surface area contributed by atoms with Crippen molar-refractivity contribution in [2.75, 3.05) is 18.4 Å². The number of aromatic nitrogens is 2. The molecular formula is C11H15N5O3S. The summed E-state index contributed by atoms with van der Waals surface area (Å²) in [5.41, 5.74) is 0. The van der Waals surface area contributed by atoms with Crippen LogP contribution in [0.1, 0.15) is 13.8 Å². The van der Waals surface area contributed by atoms with Crippen molar-refractivity contribution < 1.29 is 9.72 Å². The van der Waals surface area contributed by atoms with Crippen LogP contribution in [0.3, 0.4) is 0 Å². The zero-order valence-electron chi connectivity index (χ0n) is 11.1. The fourth-order valence-corrected chi connectivity index (χ4v) is 2.35. The molecule has 2 rings (SSSR count). The molecule has 0 radical (unpaired) electrons. The molecule has 0 aromatic carbocycles. The Kier molecular flexibility index (Phi) is 4.18.